The summed E-state index contributed by atoms with van der Waals surface area (Å²) in [5.74, 6) is 0. The number of hydrogen-bond acceptors (Lipinski definition) is 1. The van der Waals surface area contributed by atoms with Crippen LogP contribution in [0.2, 0.25) is 0 Å². The summed E-state index contributed by atoms with van der Waals surface area (Å²) < 4.78 is 4.50. The fourth-order valence-electron chi connectivity index (χ4n) is 0. The Kier molecular flexibility index (Phi) is 14.5. The normalized spacial score (nSPS) is 12.9. The summed E-state index contributed by atoms with van der Waals surface area (Å²) in [5, 5.41) is 0. The minimum absolute atomic E-state index is 0. The first-order valence-electron chi connectivity index (χ1n) is 2.23. The minimum Gasteiger partial charge on any atom is -0.377 e. The van der Waals surface area contributed by atoms with Crippen LogP contribution in [0.15, 0.2) is 0 Å². The van der Waals surface area contributed by atoms with Gasteiger partial charge in [-0.3, -0.25) is 0 Å². The average molecular weight is 151 g/mol. The molecule has 1 nitrogen and oxygen atoms in total. The van der Waals surface area contributed by atoms with Gasteiger partial charge in [0.1, 0.15) is 0 Å². The van der Waals surface area contributed by atoms with E-state index in [2.05, 4.69) is 4.74 Å². The van der Waals surface area contributed by atoms with Crippen LogP contribution in [0.4, 0.5) is 0 Å². The van der Waals surface area contributed by atoms with Gasteiger partial charge in [0, 0.05) is 0 Å². The Bertz CT molecular complexity index is 19.3. The van der Waals surface area contributed by atoms with Crippen molar-refractivity contribution in [2.75, 3.05) is 13.2 Å². The second-order valence-electron chi connectivity index (χ2n) is 1.19. The van der Waals surface area contributed by atoms with Crippen LogP contribution in [-0.4, -0.2) is 13.2 Å². The Morgan fingerprint density at radius 2 is 1.43 bits per heavy atom. The summed E-state index contributed by atoms with van der Waals surface area (Å²) in [6.07, 6.45) is 2.00. The molecule has 0 N–H and O–H groups in total. The topological polar surface area (TPSA) is 12.5 Å². The molecule has 0 bridgehead atoms. The molecule has 1 aliphatic heterocycles. The van der Waals surface area contributed by atoms with E-state index in [9.17, 15) is 0 Å². The van der Waals surface area contributed by atoms with E-state index in [4.69, 9.17) is 0 Å². The zero-order valence-corrected chi connectivity index (χ0v) is 5.64. The molecule has 0 aromatic rings. The second kappa shape index (κ2) is 9.70. The zero-order valence-electron chi connectivity index (χ0n) is 4.70. The molecule has 48 valence electrons. The van der Waals surface area contributed by atoms with Gasteiger partial charge in [-0.2, -0.15) is 13.8 Å². The van der Waals surface area contributed by atoms with E-state index in [1.807, 2.05) is 20.3 Å². The molecule has 1 rings (SSSR count). The van der Waals surface area contributed by atoms with Crippen LogP contribution in [0.3, 0.4) is 0 Å². The Balaban J connectivity index is 0. The van der Waals surface area contributed by atoms with E-state index in [0.717, 1.165) is 13.2 Å². The first-order chi connectivity index (χ1) is 2.91. The van der Waals surface area contributed by atoms with Crippen LogP contribution in [0, 0.1) is 6.42 Å². The van der Waals surface area contributed by atoms with Crippen molar-refractivity contribution in [2.24, 2.45) is 0 Å². The summed E-state index contributed by atoms with van der Waals surface area (Å²) in [4.78, 5) is 0. The van der Waals surface area contributed by atoms with Crippen LogP contribution in [0.5, 0.6) is 0 Å². The van der Waals surface area contributed by atoms with Crippen molar-refractivity contribution in [3.8, 4) is 0 Å². The van der Waals surface area contributed by atoms with Gasteiger partial charge in [-0.1, -0.05) is 0 Å². The molecule has 0 spiro atoms. The minimum atomic E-state index is 0. The summed E-state index contributed by atoms with van der Waals surface area (Å²) >= 11 is 0. The first-order valence-corrected chi connectivity index (χ1v) is 2.23. The van der Waals surface area contributed by atoms with Gasteiger partial charge in [0.05, 0.1) is 13.2 Å². The number of rotatable bonds is 0. The summed E-state index contributed by atoms with van der Waals surface area (Å²) in [6, 6.07) is 0. The average Bonchev–Trinajstić information content (AvgIpc) is 2.11. The molecule has 0 saturated carbocycles. The second-order valence-corrected chi connectivity index (χ2v) is 1.19. The number of ether oxygens (including phenoxy) is 1. The molecule has 1 aliphatic rings. The molecule has 1 heterocycles. The third kappa shape index (κ3) is 59.4. The molecular weight excluding hydrogens is 140 g/mol. The van der Waals surface area contributed by atoms with Gasteiger partial charge in [-0.25, -0.2) is 0 Å². The summed E-state index contributed by atoms with van der Waals surface area (Å²) in [6.45, 7) is 6.00. The van der Waals surface area contributed by atoms with Crippen molar-refractivity contribution >= 4 is 0 Å². The van der Waals surface area contributed by atoms with E-state index >= 15 is 0 Å². The van der Waals surface area contributed by atoms with Gasteiger partial charge in [-0.15, -0.1) is 0 Å². The molecule has 0 unspecified atom stereocenters. The van der Waals surface area contributed by atoms with E-state index in [0.29, 0.717) is 0 Å². The number of hydrogen-bond donors (Lipinski definition) is 0. The van der Waals surface area contributed by atoms with Crippen LogP contribution >= 0.6 is 0 Å². The van der Waals surface area contributed by atoms with Crippen molar-refractivity contribution in [1.29, 1.82) is 0 Å². The van der Waals surface area contributed by atoms with Crippen LogP contribution in [0.1, 0.15) is 13.8 Å². The Morgan fingerprint density at radius 1 is 1.29 bits per heavy atom. The fourth-order valence-corrected chi connectivity index (χ4v) is 0. The van der Waals surface area contributed by atoms with Gasteiger partial charge < -0.3 is 11.2 Å². The third-order valence-electron chi connectivity index (χ3n) is 0.204. The van der Waals surface area contributed by atoms with Crippen molar-refractivity contribution in [2.45, 2.75) is 13.8 Å². The summed E-state index contributed by atoms with van der Waals surface area (Å²) in [7, 11) is 0. The molecule has 0 aromatic carbocycles. The van der Waals surface area contributed by atoms with Gasteiger partial charge >= 0.3 is 17.1 Å². The van der Waals surface area contributed by atoms with Crippen molar-refractivity contribution in [3.63, 3.8) is 0 Å². The van der Waals surface area contributed by atoms with Crippen molar-refractivity contribution < 1.29 is 21.8 Å². The first kappa shape index (κ1) is 10.5. The molecule has 0 atom stereocenters. The van der Waals surface area contributed by atoms with Crippen molar-refractivity contribution in [1.82, 2.24) is 0 Å². The monoisotopic (exact) mass is 150 g/mol. The van der Waals surface area contributed by atoms with E-state index in [1.54, 1.807) is 0 Å². The molecular formula is C5H11CuO. The SMILES string of the molecule is C1CO1.C[CH-]C.[Cu+]. The maximum Gasteiger partial charge on any atom is 1.00 e. The fraction of sp³-hybridized carbons (Fsp3) is 0.800. The Labute approximate surface area is 55.9 Å². The van der Waals surface area contributed by atoms with Crippen molar-refractivity contribution in [3.05, 3.63) is 6.42 Å². The predicted molar refractivity (Wildman–Crippen MR) is 26.5 cm³/mol. The summed E-state index contributed by atoms with van der Waals surface area (Å²) in [5.41, 5.74) is 0. The molecule has 0 aliphatic carbocycles. The third-order valence-corrected chi connectivity index (χ3v) is 0.204. The van der Waals surface area contributed by atoms with E-state index in [-0.39, 0.29) is 17.1 Å². The maximum absolute atomic E-state index is 4.50. The zero-order chi connectivity index (χ0) is 4.83. The smallest absolute Gasteiger partial charge is 0.377 e. The Hall–Kier alpha value is 0.479. The van der Waals surface area contributed by atoms with Crippen LogP contribution in [-0.2, 0) is 21.8 Å². The van der Waals surface area contributed by atoms with Crippen LogP contribution in [0.25, 0.3) is 0 Å². The quantitative estimate of drug-likeness (QED) is 0.288. The molecule has 0 radical (unpaired) electrons. The van der Waals surface area contributed by atoms with Gasteiger partial charge in [0.25, 0.3) is 0 Å². The van der Waals surface area contributed by atoms with E-state index in [1.165, 1.54) is 0 Å². The molecule has 1 fully saturated rings. The largest absolute Gasteiger partial charge is 1.00 e. The van der Waals surface area contributed by atoms with E-state index < -0.39 is 0 Å². The van der Waals surface area contributed by atoms with Gasteiger partial charge in [-0.05, 0) is 0 Å². The molecule has 0 aromatic heterocycles. The van der Waals surface area contributed by atoms with Gasteiger partial charge in [0.2, 0.25) is 0 Å². The standard InChI is InChI=1S/C3H7.C2H4O.Cu/c1-3-2;1-2-3-1;/h3H,1-2H3;1-2H2;/q-1;;+1. The molecule has 1 saturated heterocycles. The predicted octanol–water partition coefficient (Wildman–Crippen LogP) is 1.24. The van der Waals surface area contributed by atoms with Gasteiger partial charge in [0.15, 0.2) is 0 Å². The molecule has 0 amide bonds. The maximum atomic E-state index is 4.50. The Morgan fingerprint density at radius 3 is 1.43 bits per heavy atom. The van der Waals surface area contributed by atoms with Crippen LogP contribution < -0.4 is 0 Å². The molecule has 7 heavy (non-hydrogen) atoms. The number of epoxide rings is 1. The molecule has 2 heteroatoms.